The van der Waals surface area contributed by atoms with Crippen molar-refractivity contribution in [3.8, 4) is 5.69 Å². The molecule has 1 amide bonds. The van der Waals surface area contributed by atoms with Crippen molar-refractivity contribution >= 4 is 22.6 Å². The smallest absolute Gasteiger partial charge is 0.322 e. The average Bonchev–Trinajstić information content (AvgIpc) is 3.43. The first-order chi connectivity index (χ1) is 15.2. The van der Waals surface area contributed by atoms with Crippen LogP contribution in [-0.2, 0) is 13.2 Å². The number of alkyl halides is 3. The molecule has 10 heteroatoms. The number of benzene rings is 1. The Hall–Kier alpha value is -3.69. The van der Waals surface area contributed by atoms with E-state index in [1.54, 1.807) is 49.1 Å². The summed E-state index contributed by atoms with van der Waals surface area (Å²) >= 11 is 0. The van der Waals surface area contributed by atoms with Crippen LogP contribution >= 0.6 is 0 Å². The Labute approximate surface area is 180 Å². The van der Waals surface area contributed by atoms with Crippen LogP contribution in [0.4, 0.5) is 18.9 Å². The molecule has 0 unspecified atom stereocenters. The Morgan fingerprint density at radius 3 is 2.50 bits per heavy atom. The van der Waals surface area contributed by atoms with Gasteiger partial charge in [-0.3, -0.25) is 9.48 Å². The van der Waals surface area contributed by atoms with Gasteiger partial charge in [0.1, 0.15) is 0 Å². The third-order valence-corrected chi connectivity index (χ3v) is 5.51. The van der Waals surface area contributed by atoms with Gasteiger partial charge >= 0.3 is 6.18 Å². The third-order valence-electron chi connectivity index (χ3n) is 5.51. The van der Waals surface area contributed by atoms with Gasteiger partial charge in [0, 0.05) is 30.0 Å². The van der Waals surface area contributed by atoms with Crippen molar-refractivity contribution in [1.82, 2.24) is 24.5 Å². The summed E-state index contributed by atoms with van der Waals surface area (Å²) in [5.74, 6) is 0.0775. The Morgan fingerprint density at radius 1 is 1.16 bits per heavy atom. The third kappa shape index (κ3) is 3.61. The summed E-state index contributed by atoms with van der Waals surface area (Å²) in [7, 11) is 1.79. The molecule has 7 nitrogen and oxygen atoms in total. The number of carbonyl (C=O) groups excluding carboxylic acids is 1. The summed E-state index contributed by atoms with van der Waals surface area (Å²) in [4.78, 5) is 17.7. The maximum Gasteiger partial charge on any atom is 0.435 e. The first-order valence-corrected chi connectivity index (χ1v) is 10.1. The molecular weight excluding hydrogens is 421 g/mol. The number of carbonyl (C=O) groups is 1. The molecule has 0 aliphatic heterocycles. The minimum atomic E-state index is -4.51. The molecule has 1 saturated carbocycles. The highest BCUT2D eigenvalue weighted by molar-refractivity contribution is 6.12. The number of hydrogen-bond donors (Lipinski definition) is 1. The molecule has 0 bridgehead atoms. The number of nitrogens with zero attached hydrogens (tertiary/aromatic N) is 5. The lowest BCUT2D eigenvalue weighted by molar-refractivity contribution is -0.141. The fourth-order valence-electron chi connectivity index (χ4n) is 3.67. The van der Waals surface area contributed by atoms with Crippen molar-refractivity contribution in [3.05, 3.63) is 65.2 Å². The van der Waals surface area contributed by atoms with E-state index in [9.17, 15) is 18.0 Å². The van der Waals surface area contributed by atoms with Crippen LogP contribution in [-0.4, -0.2) is 30.5 Å². The summed E-state index contributed by atoms with van der Waals surface area (Å²) < 4.78 is 41.6. The zero-order valence-corrected chi connectivity index (χ0v) is 17.3. The van der Waals surface area contributed by atoms with Gasteiger partial charge in [0.25, 0.3) is 5.91 Å². The fourth-order valence-corrected chi connectivity index (χ4v) is 3.67. The number of hydrogen-bond acceptors (Lipinski definition) is 4. The standard InChI is InChI=1S/C22H19F3N6O/c1-12-9-19(22(23,24)25)29-31(12)15-7-5-14(6-8-15)27-21(32)16-10-18(13-3-4-13)28-20-17(16)11-26-30(20)2/h5-11,13H,3-4H2,1-2H3,(H,27,32). The van der Waals surface area contributed by atoms with Crippen LogP contribution in [0.25, 0.3) is 16.7 Å². The number of fused-ring (bicyclic) bond motifs is 1. The molecular formula is C22H19F3N6O. The monoisotopic (exact) mass is 440 g/mol. The van der Waals surface area contributed by atoms with Gasteiger partial charge in [0.05, 0.1) is 22.8 Å². The number of nitrogens with one attached hydrogen (secondary N) is 1. The predicted molar refractivity (Wildman–Crippen MR) is 112 cm³/mol. The SMILES string of the molecule is Cc1cc(C(F)(F)F)nn1-c1ccc(NC(=O)c2cc(C3CC3)nc3c2cnn3C)cc1. The quantitative estimate of drug-likeness (QED) is 0.503. The van der Waals surface area contributed by atoms with Crippen LogP contribution in [0.15, 0.2) is 42.6 Å². The van der Waals surface area contributed by atoms with E-state index in [4.69, 9.17) is 0 Å². The summed E-state index contributed by atoms with van der Waals surface area (Å²) in [6.45, 7) is 1.55. The van der Waals surface area contributed by atoms with Crippen LogP contribution in [0.3, 0.4) is 0 Å². The van der Waals surface area contributed by atoms with Crippen LogP contribution in [0.5, 0.6) is 0 Å². The molecule has 3 heterocycles. The number of aryl methyl sites for hydroxylation is 2. The van der Waals surface area contributed by atoms with Crippen LogP contribution in [0, 0.1) is 6.92 Å². The van der Waals surface area contributed by atoms with E-state index in [2.05, 4.69) is 20.5 Å². The highest BCUT2D eigenvalue weighted by atomic mass is 19.4. The van der Waals surface area contributed by atoms with E-state index >= 15 is 0 Å². The molecule has 1 aromatic carbocycles. The van der Waals surface area contributed by atoms with E-state index < -0.39 is 11.9 Å². The van der Waals surface area contributed by atoms with E-state index in [1.807, 2.05) is 6.07 Å². The lowest BCUT2D eigenvalue weighted by Gasteiger charge is -2.10. The molecule has 0 radical (unpaired) electrons. The maximum absolute atomic E-state index is 13.0. The van der Waals surface area contributed by atoms with Gasteiger partial charge in [-0.2, -0.15) is 23.4 Å². The molecule has 4 aromatic rings. The second-order valence-electron chi connectivity index (χ2n) is 7.96. The lowest BCUT2D eigenvalue weighted by Crippen LogP contribution is -2.13. The Balaban J connectivity index is 1.41. The normalized spacial score (nSPS) is 14.2. The largest absolute Gasteiger partial charge is 0.435 e. The molecule has 3 aromatic heterocycles. The van der Waals surface area contributed by atoms with Crippen molar-refractivity contribution < 1.29 is 18.0 Å². The van der Waals surface area contributed by atoms with E-state index in [0.29, 0.717) is 39.6 Å². The van der Waals surface area contributed by atoms with Gasteiger partial charge in [0.2, 0.25) is 0 Å². The van der Waals surface area contributed by atoms with Crippen molar-refractivity contribution in [2.75, 3.05) is 5.32 Å². The Kier molecular flexibility index (Phi) is 4.54. The van der Waals surface area contributed by atoms with Gasteiger partial charge in [-0.05, 0) is 56.2 Å². The molecule has 164 valence electrons. The maximum atomic E-state index is 13.0. The van der Waals surface area contributed by atoms with Crippen molar-refractivity contribution in [2.24, 2.45) is 7.05 Å². The molecule has 0 saturated heterocycles. The number of halogens is 3. The average molecular weight is 440 g/mol. The van der Waals surface area contributed by atoms with Gasteiger partial charge in [0.15, 0.2) is 11.3 Å². The Morgan fingerprint density at radius 2 is 1.88 bits per heavy atom. The summed E-state index contributed by atoms with van der Waals surface area (Å²) in [5, 5.41) is 11.4. The van der Waals surface area contributed by atoms with Gasteiger partial charge in [-0.15, -0.1) is 0 Å². The van der Waals surface area contributed by atoms with Gasteiger partial charge in [-0.1, -0.05) is 0 Å². The highest BCUT2D eigenvalue weighted by Crippen LogP contribution is 2.40. The highest BCUT2D eigenvalue weighted by Gasteiger charge is 2.34. The van der Waals surface area contributed by atoms with Crippen molar-refractivity contribution in [2.45, 2.75) is 31.9 Å². The first-order valence-electron chi connectivity index (χ1n) is 10.1. The van der Waals surface area contributed by atoms with E-state index in [1.165, 1.54) is 4.68 Å². The van der Waals surface area contributed by atoms with Crippen molar-refractivity contribution in [1.29, 1.82) is 0 Å². The first kappa shape index (κ1) is 20.2. The van der Waals surface area contributed by atoms with Gasteiger partial charge in [-0.25, -0.2) is 9.67 Å². The van der Waals surface area contributed by atoms with Crippen LogP contribution in [0.1, 0.15) is 46.2 Å². The summed E-state index contributed by atoms with van der Waals surface area (Å²) in [6, 6.07) is 9.29. The van der Waals surface area contributed by atoms with Crippen molar-refractivity contribution in [3.63, 3.8) is 0 Å². The summed E-state index contributed by atoms with van der Waals surface area (Å²) in [6.07, 6.45) is -0.773. The minimum Gasteiger partial charge on any atom is -0.322 e. The predicted octanol–water partition coefficient (Wildman–Crippen LogP) is 4.61. The second kappa shape index (κ2) is 7.18. The summed E-state index contributed by atoms with van der Waals surface area (Å²) in [5.41, 5.74) is 2.43. The van der Waals surface area contributed by atoms with Crippen LogP contribution < -0.4 is 5.32 Å². The number of anilines is 1. The second-order valence-corrected chi connectivity index (χ2v) is 7.96. The fraction of sp³-hybridized carbons (Fsp3) is 0.273. The zero-order chi connectivity index (χ0) is 22.6. The lowest BCUT2D eigenvalue weighted by atomic mass is 10.1. The number of pyridine rings is 1. The molecule has 5 rings (SSSR count). The van der Waals surface area contributed by atoms with Gasteiger partial charge < -0.3 is 5.32 Å². The minimum absolute atomic E-state index is 0.297. The molecule has 0 spiro atoms. The molecule has 32 heavy (non-hydrogen) atoms. The topological polar surface area (TPSA) is 77.6 Å². The Bertz CT molecular complexity index is 1330. The molecule has 1 fully saturated rings. The van der Waals surface area contributed by atoms with Crippen LogP contribution in [0.2, 0.25) is 0 Å². The van der Waals surface area contributed by atoms with E-state index in [0.717, 1.165) is 24.6 Å². The number of amides is 1. The zero-order valence-electron chi connectivity index (χ0n) is 17.3. The number of aromatic nitrogens is 5. The van der Waals surface area contributed by atoms with E-state index in [-0.39, 0.29) is 5.91 Å². The molecule has 1 aliphatic rings. The number of rotatable bonds is 4. The molecule has 1 N–H and O–H groups in total. The molecule has 0 atom stereocenters. The molecule has 1 aliphatic carbocycles.